The lowest BCUT2D eigenvalue weighted by Crippen LogP contribution is -2.44. The second-order valence-electron chi connectivity index (χ2n) is 3.81. The van der Waals surface area contributed by atoms with Gasteiger partial charge in [0.1, 0.15) is 0 Å². The number of hydrogen-bond acceptors (Lipinski definition) is 3. The maximum absolute atomic E-state index is 10.4. The molecule has 0 radical (unpaired) electrons. The molecule has 0 aromatic rings. The Bertz CT molecular complexity index is 236. The van der Waals surface area contributed by atoms with Crippen molar-refractivity contribution in [2.45, 2.75) is 6.42 Å². The van der Waals surface area contributed by atoms with Gasteiger partial charge in [0.15, 0.2) is 0 Å². The molecule has 13 heavy (non-hydrogen) atoms. The van der Waals surface area contributed by atoms with E-state index in [1.54, 1.807) is 0 Å². The van der Waals surface area contributed by atoms with Gasteiger partial charge in [-0.2, -0.15) is 8.42 Å². The van der Waals surface area contributed by atoms with Crippen LogP contribution in [-0.4, -0.2) is 56.9 Å². The molecule has 0 unspecified atom stereocenters. The molecule has 0 saturated heterocycles. The van der Waals surface area contributed by atoms with Gasteiger partial charge in [0, 0.05) is 13.0 Å². The van der Waals surface area contributed by atoms with E-state index >= 15 is 0 Å². The summed E-state index contributed by atoms with van der Waals surface area (Å²) in [5.74, 6) is -0.167. The van der Waals surface area contributed by atoms with Gasteiger partial charge in [-0.05, 0) is 0 Å². The van der Waals surface area contributed by atoms with Crippen molar-refractivity contribution in [1.82, 2.24) is 0 Å². The molecule has 0 atom stereocenters. The molecule has 0 aromatic carbocycles. The summed E-state index contributed by atoms with van der Waals surface area (Å²) >= 11 is 0. The van der Waals surface area contributed by atoms with Gasteiger partial charge in [0.2, 0.25) is 0 Å². The molecule has 0 aliphatic carbocycles. The van der Waals surface area contributed by atoms with E-state index in [1.807, 2.05) is 14.1 Å². The number of rotatable bonds is 6. The normalized spacial score (nSPS) is 13.2. The van der Waals surface area contributed by atoms with Gasteiger partial charge < -0.3 is 10.2 Å². The summed E-state index contributed by atoms with van der Waals surface area (Å²) in [6.45, 7) is 2.10. The van der Waals surface area contributed by atoms with Crippen LogP contribution in [-0.2, 0) is 10.1 Å². The number of nitrogens with zero attached hydrogens (tertiary/aromatic N) is 1. The average molecular weight is 211 g/mol. The van der Waals surface area contributed by atoms with Crippen molar-refractivity contribution in [3.05, 3.63) is 0 Å². The minimum atomic E-state index is -3.80. The summed E-state index contributed by atoms with van der Waals surface area (Å²) in [5, 5.41) is 0. The van der Waals surface area contributed by atoms with Crippen LogP contribution in [0, 0.1) is 0 Å². The lowest BCUT2D eigenvalue weighted by molar-refractivity contribution is -0.888. The summed E-state index contributed by atoms with van der Waals surface area (Å²) in [6, 6.07) is 0. The fraction of sp³-hybridized carbons (Fsp3) is 1.00. The monoisotopic (exact) mass is 211 g/mol. The molecule has 5 nitrogen and oxygen atoms in total. The van der Waals surface area contributed by atoms with E-state index in [9.17, 15) is 8.42 Å². The zero-order valence-electron chi connectivity index (χ0n) is 8.23. The number of hydrogen-bond donors (Lipinski definition) is 2. The molecular weight excluding hydrogens is 192 g/mol. The Balaban J connectivity index is 3.76. The number of nitrogens with two attached hydrogens (primary N) is 1. The second-order valence-corrected chi connectivity index (χ2v) is 5.38. The molecule has 0 aliphatic rings. The molecule has 0 rings (SSSR count). The van der Waals surface area contributed by atoms with Crippen molar-refractivity contribution in [3.63, 3.8) is 0 Å². The van der Waals surface area contributed by atoms with Gasteiger partial charge in [-0.25, -0.2) is 0 Å². The lowest BCUT2D eigenvalue weighted by Gasteiger charge is -2.28. The molecular formula is C7H19N2O3S+. The van der Waals surface area contributed by atoms with Crippen LogP contribution in [0.4, 0.5) is 0 Å². The maximum atomic E-state index is 10.4. The highest BCUT2D eigenvalue weighted by atomic mass is 32.2. The van der Waals surface area contributed by atoms with Crippen molar-refractivity contribution in [2.24, 2.45) is 5.73 Å². The first kappa shape index (κ1) is 12.8. The fourth-order valence-electron chi connectivity index (χ4n) is 1.14. The first-order chi connectivity index (χ1) is 5.77. The van der Waals surface area contributed by atoms with Gasteiger partial charge in [0.25, 0.3) is 10.1 Å². The van der Waals surface area contributed by atoms with Crippen LogP contribution in [0.25, 0.3) is 0 Å². The van der Waals surface area contributed by atoms with Crippen LogP contribution in [0.5, 0.6) is 0 Å². The Hall–Kier alpha value is -0.170. The van der Waals surface area contributed by atoms with E-state index in [0.717, 1.165) is 6.54 Å². The average Bonchev–Trinajstić information content (AvgIpc) is 1.82. The molecule has 3 N–H and O–H groups in total. The Morgan fingerprint density at radius 1 is 1.31 bits per heavy atom. The molecule has 0 spiro atoms. The fourth-order valence-corrected chi connectivity index (χ4v) is 1.63. The molecule has 80 valence electrons. The van der Waals surface area contributed by atoms with Crippen LogP contribution in [0.15, 0.2) is 0 Å². The first-order valence-corrected chi connectivity index (χ1v) is 5.85. The van der Waals surface area contributed by atoms with Crippen LogP contribution in [0.3, 0.4) is 0 Å². The van der Waals surface area contributed by atoms with Crippen molar-refractivity contribution in [2.75, 3.05) is 39.5 Å². The zero-order chi connectivity index (χ0) is 10.5. The molecule has 0 aromatic heterocycles. The van der Waals surface area contributed by atoms with Crippen molar-refractivity contribution in [3.8, 4) is 0 Å². The Labute approximate surface area is 79.9 Å². The first-order valence-electron chi connectivity index (χ1n) is 4.24. The van der Waals surface area contributed by atoms with E-state index < -0.39 is 10.1 Å². The van der Waals surface area contributed by atoms with Crippen LogP contribution >= 0.6 is 0 Å². The van der Waals surface area contributed by atoms with Crippen LogP contribution < -0.4 is 5.73 Å². The number of likely N-dealkylation sites (N-methyl/N-ethyl adjacent to an activating group) is 1. The van der Waals surface area contributed by atoms with E-state index in [0.29, 0.717) is 24.0 Å². The van der Waals surface area contributed by atoms with E-state index in [-0.39, 0.29) is 5.75 Å². The molecule has 0 heterocycles. The number of quaternary nitrogens is 1. The van der Waals surface area contributed by atoms with Gasteiger partial charge in [-0.15, -0.1) is 0 Å². The third-order valence-electron chi connectivity index (χ3n) is 1.90. The Morgan fingerprint density at radius 3 is 2.23 bits per heavy atom. The topological polar surface area (TPSA) is 80.4 Å². The largest absolute Gasteiger partial charge is 0.327 e. The van der Waals surface area contributed by atoms with Crippen LogP contribution in [0.2, 0.25) is 0 Å². The van der Waals surface area contributed by atoms with E-state index in [1.165, 1.54) is 0 Å². The maximum Gasteiger partial charge on any atom is 0.265 e. The van der Waals surface area contributed by atoms with Gasteiger partial charge in [-0.1, -0.05) is 0 Å². The molecule has 0 bridgehead atoms. The quantitative estimate of drug-likeness (QED) is 0.450. The standard InChI is InChI=1S/C7H18N2O3S/c1-9(2,6-4-8)5-3-7-13(10,11)12/h3-8H2,1-2H3/p+1. The molecule has 0 amide bonds. The highest BCUT2D eigenvalue weighted by Gasteiger charge is 2.15. The van der Waals surface area contributed by atoms with E-state index in [2.05, 4.69) is 0 Å². The Kier molecular flexibility index (Phi) is 4.83. The summed E-state index contributed by atoms with van der Waals surface area (Å²) in [7, 11) is 0.163. The summed E-state index contributed by atoms with van der Waals surface area (Å²) < 4.78 is 30.0. The van der Waals surface area contributed by atoms with Crippen molar-refractivity contribution < 1.29 is 17.5 Å². The second kappa shape index (κ2) is 4.90. The predicted octanol–water partition coefficient (Wildman–Crippen LogP) is -0.701. The highest BCUT2D eigenvalue weighted by Crippen LogP contribution is 1.99. The zero-order valence-corrected chi connectivity index (χ0v) is 9.05. The highest BCUT2D eigenvalue weighted by molar-refractivity contribution is 7.85. The third-order valence-corrected chi connectivity index (χ3v) is 2.70. The molecule has 0 fully saturated rings. The summed E-state index contributed by atoms with van der Waals surface area (Å²) in [5.41, 5.74) is 5.39. The molecule has 0 aliphatic heterocycles. The van der Waals surface area contributed by atoms with Crippen molar-refractivity contribution >= 4 is 10.1 Å². The minimum Gasteiger partial charge on any atom is -0.327 e. The summed E-state index contributed by atoms with van der Waals surface area (Å²) in [6.07, 6.45) is 0.464. The predicted molar refractivity (Wildman–Crippen MR) is 51.9 cm³/mol. The SMILES string of the molecule is C[N+](C)(CCN)CCCS(=O)(=O)O. The minimum absolute atomic E-state index is 0.167. The van der Waals surface area contributed by atoms with Crippen molar-refractivity contribution in [1.29, 1.82) is 0 Å². The summed E-state index contributed by atoms with van der Waals surface area (Å²) in [4.78, 5) is 0. The van der Waals surface area contributed by atoms with Gasteiger partial charge in [-0.3, -0.25) is 4.55 Å². The smallest absolute Gasteiger partial charge is 0.265 e. The Morgan fingerprint density at radius 2 is 1.85 bits per heavy atom. The van der Waals surface area contributed by atoms with Gasteiger partial charge in [0.05, 0.1) is 32.9 Å². The molecule has 6 heteroatoms. The van der Waals surface area contributed by atoms with Gasteiger partial charge >= 0.3 is 0 Å². The lowest BCUT2D eigenvalue weighted by atomic mass is 10.3. The third kappa shape index (κ3) is 8.17. The van der Waals surface area contributed by atoms with E-state index in [4.69, 9.17) is 10.3 Å². The van der Waals surface area contributed by atoms with Crippen LogP contribution in [0.1, 0.15) is 6.42 Å². The molecule has 0 saturated carbocycles.